The van der Waals surface area contributed by atoms with Crippen molar-refractivity contribution in [2.24, 2.45) is 0 Å². The van der Waals surface area contributed by atoms with Gasteiger partial charge in [-0.1, -0.05) is 36.4 Å². The Labute approximate surface area is 181 Å². The molecule has 0 bridgehead atoms. The molecule has 0 radical (unpaired) electrons. The van der Waals surface area contributed by atoms with Crippen LogP contribution >= 0.6 is 0 Å². The first-order valence-corrected chi connectivity index (χ1v) is 10.2. The maximum absolute atomic E-state index is 11.6. The number of rotatable bonds is 6. The summed E-state index contributed by atoms with van der Waals surface area (Å²) in [5.41, 5.74) is 5.43. The Morgan fingerprint density at radius 1 is 1.23 bits per heavy atom. The summed E-state index contributed by atoms with van der Waals surface area (Å²) in [6.45, 7) is 4.65. The number of nitriles is 1. The molecule has 0 saturated carbocycles. The number of anilines is 1. The predicted molar refractivity (Wildman–Crippen MR) is 119 cm³/mol. The van der Waals surface area contributed by atoms with E-state index < -0.39 is 0 Å². The number of hydrogen-bond acceptors (Lipinski definition) is 6. The van der Waals surface area contributed by atoms with Crippen molar-refractivity contribution in [3.63, 3.8) is 0 Å². The van der Waals surface area contributed by atoms with Crippen LogP contribution in [0.5, 0.6) is 0 Å². The zero-order valence-corrected chi connectivity index (χ0v) is 17.5. The standard InChI is InChI=1S/C24H24N5O2/c1-16-24(17(2)28(27-16)22-8-3-4-9-23(22)29(30)31)20-10-11-21(13-20)26-15-19-7-5-6-18(12-19)14-25/h3-12,20-21,26,30H,13,15H2,1-2H3/q-1/t20-,21+/m0/s1. The van der Waals surface area contributed by atoms with E-state index in [9.17, 15) is 10.4 Å². The van der Waals surface area contributed by atoms with Crippen molar-refractivity contribution in [3.8, 4) is 11.8 Å². The van der Waals surface area contributed by atoms with Gasteiger partial charge in [-0.25, -0.2) is 4.68 Å². The fraction of sp³-hybridized carbons (Fsp3) is 0.250. The average molecular weight is 414 g/mol. The molecular weight excluding hydrogens is 390 g/mol. The molecule has 0 saturated heterocycles. The van der Waals surface area contributed by atoms with E-state index in [0.717, 1.165) is 28.9 Å². The van der Waals surface area contributed by atoms with Gasteiger partial charge in [-0.05, 0) is 50.1 Å². The topological polar surface area (TPSA) is 100 Å². The summed E-state index contributed by atoms with van der Waals surface area (Å²) in [5.74, 6) is 0.210. The van der Waals surface area contributed by atoms with Crippen molar-refractivity contribution in [2.75, 3.05) is 5.23 Å². The Morgan fingerprint density at radius 3 is 2.81 bits per heavy atom. The van der Waals surface area contributed by atoms with Crippen molar-refractivity contribution >= 4 is 5.69 Å². The van der Waals surface area contributed by atoms with Crippen LogP contribution in [0.4, 0.5) is 5.69 Å². The van der Waals surface area contributed by atoms with E-state index in [0.29, 0.717) is 17.8 Å². The van der Waals surface area contributed by atoms with Gasteiger partial charge in [-0.15, -0.1) is 0 Å². The smallest absolute Gasteiger partial charge is 0.0991 e. The number of benzene rings is 2. The molecule has 1 aromatic heterocycles. The van der Waals surface area contributed by atoms with E-state index >= 15 is 0 Å². The first-order valence-electron chi connectivity index (χ1n) is 10.2. The SMILES string of the molecule is Cc1nn(-c2ccccc2N([O-])O)c(C)c1[C@H]1C=C[C@@H](NCc2cccc(C#N)c2)C1. The third-order valence-electron chi connectivity index (χ3n) is 5.74. The number of aryl methyl sites for hydroxylation is 1. The van der Waals surface area contributed by atoms with Crippen LogP contribution in [0.3, 0.4) is 0 Å². The normalized spacial score (nSPS) is 17.6. The van der Waals surface area contributed by atoms with E-state index in [-0.39, 0.29) is 22.9 Å². The van der Waals surface area contributed by atoms with Gasteiger partial charge in [0.15, 0.2) is 0 Å². The van der Waals surface area contributed by atoms with Gasteiger partial charge in [0.1, 0.15) is 0 Å². The van der Waals surface area contributed by atoms with Crippen molar-refractivity contribution in [2.45, 2.75) is 38.8 Å². The number of allylic oxidation sites excluding steroid dienone is 1. The molecule has 0 fully saturated rings. The van der Waals surface area contributed by atoms with Gasteiger partial charge in [0.2, 0.25) is 0 Å². The van der Waals surface area contributed by atoms with E-state index in [2.05, 4.69) is 28.6 Å². The lowest BCUT2D eigenvalue weighted by molar-refractivity contribution is 0.296. The van der Waals surface area contributed by atoms with Crippen LogP contribution < -0.4 is 10.5 Å². The molecule has 1 aliphatic rings. The van der Waals surface area contributed by atoms with E-state index in [1.165, 1.54) is 0 Å². The minimum atomic E-state index is -0.123. The van der Waals surface area contributed by atoms with Crippen LogP contribution in [0.2, 0.25) is 0 Å². The third kappa shape index (κ3) is 4.23. The minimum Gasteiger partial charge on any atom is -0.733 e. The Hall–Kier alpha value is -3.44. The number of hydrogen-bond donors (Lipinski definition) is 2. The first kappa shape index (κ1) is 20.8. The van der Waals surface area contributed by atoms with Crippen LogP contribution in [0, 0.1) is 30.4 Å². The van der Waals surface area contributed by atoms with Gasteiger partial charge in [0, 0.05) is 29.8 Å². The van der Waals surface area contributed by atoms with Gasteiger partial charge in [-0.2, -0.15) is 10.4 Å². The zero-order valence-electron chi connectivity index (χ0n) is 17.5. The molecule has 7 heteroatoms. The lowest BCUT2D eigenvalue weighted by Crippen LogP contribution is -2.25. The maximum Gasteiger partial charge on any atom is 0.0991 e. The molecular formula is C24H24N5O2-. The highest BCUT2D eigenvalue weighted by Crippen LogP contribution is 2.35. The lowest BCUT2D eigenvalue weighted by Gasteiger charge is -2.24. The largest absolute Gasteiger partial charge is 0.733 e. The van der Waals surface area contributed by atoms with Crippen LogP contribution in [-0.4, -0.2) is 21.0 Å². The molecule has 4 rings (SSSR count). The monoisotopic (exact) mass is 414 g/mol. The van der Waals surface area contributed by atoms with Crippen LogP contribution in [0.25, 0.3) is 5.69 Å². The fourth-order valence-corrected chi connectivity index (χ4v) is 4.30. The van der Waals surface area contributed by atoms with Gasteiger partial charge in [-0.3, -0.25) is 5.21 Å². The van der Waals surface area contributed by atoms with Gasteiger partial charge in [0.25, 0.3) is 0 Å². The third-order valence-corrected chi connectivity index (χ3v) is 5.74. The lowest BCUT2D eigenvalue weighted by atomic mass is 9.96. The molecule has 2 N–H and O–H groups in total. The van der Waals surface area contributed by atoms with Crippen molar-refractivity contribution in [3.05, 3.63) is 94.0 Å². The van der Waals surface area contributed by atoms with Gasteiger partial charge < -0.3 is 15.8 Å². The molecule has 1 heterocycles. The highest BCUT2D eigenvalue weighted by molar-refractivity contribution is 5.62. The summed E-state index contributed by atoms with van der Waals surface area (Å²) in [4.78, 5) is 0. The molecule has 2 atom stereocenters. The minimum absolute atomic E-state index is 0.123. The molecule has 0 unspecified atom stereocenters. The molecule has 2 aromatic carbocycles. The maximum atomic E-state index is 11.6. The van der Waals surface area contributed by atoms with Crippen molar-refractivity contribution in [1.82, 2.24) is 15.1 Å². The molecule has 7 nitrogen and oxygen atoms in total. The second kappa shape index (κ2) is 8.74. The van der Waals surface area contributed by atoms with E-state index in [1.807, 2.05) is 38.1 Å². The van der Waals surface area contributed by atoms with E-state index in [4.69, 9.17) is 5.26 Å². The van der Waals surface area contributed by atoms with Crippen LogP contribution in [0.15, 0.2) is 60.7 Å². The zero-order chi connectivity index (χ0) is 22.0. The molecule has 3 aromatic rings. The van der Waals surface area contributed by atoms with Crippen LogP contribution in [-0.2, 0) is 6.54 Å². The van der Waals surface area contributed by atoms with Crippen molar-refractivity contribution < 1.29 is 5.21 Å². The van der Waals surface area contributed by atoms with Crippen LogP contribution in [0.1, 0.15) is 40.4 Å². The predicted octanol–water partition coefficient (Wildman–Crippen LogP) is 4.26. The number of para-hydroxylation sites is 2. The second-order valence-electron chi connectivity index (χ2n) is 7.78. The quantitative estimate of drug-likeness (QED) is 0.462. The summed E-state index contributed by atoms with van der Waals surface area (Å²) in [7, 11) is 0. The number of nitrogens with zero attached hydrogens (tertiary/aromatic N) is 4. The Morgan fingerprint density at radius 2 is 2.03 bits per heavy atom. The summed E-state index contributed by atoms with van der Waals surface area (Å²) in [6.07, 6.45) is 5.28. The molecule has 31 heavy (non-hydrogen) atoms. The number of nitrogens with one attached hydrogen (secondary N) is 1. The van der Waals surface area contributed by atoms with Gasteiger partial charge in [0.05, 0.1) is 28.7 Å². The average Bonchev–Trinajstić information content (AvgIpc) is 3.35. The summed E-state index contributed by atoms with van der Waals surface area (Å²) in [6, 6.07) is 16.9. The summed E-state index contributed by atoms with van der Waals surface area (Å²) in [5, 5.41) is 38.2. The molecule has 0 amide bonds. The van der Waals surface area contributed by atoms with Crippen molar-refractivity contribution in [1.29, 1.82) is 5.26 Å². The molecule has 0 aliphatic heterocycles. The molecule has 1 aliphatic carbocycles. The Balaban J connectivity index is 1.50. The Bertz CT molecular complexity index is 1160. The first-order chi connectivity index (χ1) is 15.0. The number of aromatic nitrogens is 2. The highest BCUT2D eigenvalue weighted by atomic mass is 16.8. The highest BCUT2D eigenvalue weighted by Gasteiger charge is 2.26. The second-order valence-corrected chi connectivity index (χ2v) is 7.78. The Kier molecular flexibility index (Phi) is 5.87. The summed E-state index contributed by atoms with van der Waals surface area (Å²) >= 11 is 0. The van der Waals surface area contributed by atoms with Gasteiger partial charge >= 0.3 is 0 Å². The molecule has 158 valence electrons. The summed E-state index contributed by atoms with van der Waals surface area (Å²) < 4.78 is 1.73. The van der Waals surface area contributed by atoms with E-state index in [1.54, 1.807) is 28.9 Å². The molecule has 0 spiro atoms. The fourth-order valence-electron chi connectivity index (χ4n) is 4.30.